The number of carbonyl (C=O) groups excluding carboxylic acids is 1. The van der Waals surface area contributed by atoms with Crippen molar-refractivity contribution < 1.29 is 13.2 Å². The number of sulfone groups is 1. The summed E-state index contributed by atoms with van der Waals surface area (Å²) in [6.45, 7) is 3.93. The number of aromatic nitrogens is 1. The third kappa shape index (κ3) is 3.59. The Balaban J connectivity index is 1.76. The van der Waals surface area contributed by atoms with Crippen LogP contribution in [0.15, 0.2) is 24.3 Å². The van der Waals surface area contributed by atoms with E-state index < -0.39 is 21.5 Å². The molecule has 0 unspecified atom stereocenters. The Kier molecular flexibility index (Phi) is 4.58. The number of anilines is 1. The molecule has 128 valence electrons. The first-order chi connectivity index (χ1) is 11.3. The van der Waals surface area contributed by atoms with E-state index in [0.717, 1.165) is 35.0 Å². The molecule has 5 nitrogen and oxygen atoms in total. The first-order valence-electron chi connectivity index (χ1n) is 8.24. The van der Waals surface area contributed by atoms with Gasteiger partial charge in [0, 0.05) is 16.8 Å². The SMILES string of the molecule is Cc1cc(C)c2cc(NC(=O)CS(=O)(=O)C3CCCC3)ccc2n1. The molecule has 1 aromatic heterocycles. The molecule has 0 aliphatic heterocycles. The molecule has 1 N–H and O–H groups in total. The minimum atomic E-state index is -3.36. The fourth-order valence-corrected chi connectivity index (χ4v) is 5.11. The minimum Gasteiger partial charge on any atom is -0.325 e. The summed E-state index contributed by atoms with van der Waals surface area (Å²) in [5.41, 5.74) is 3.48. The zero-order valence-corrected chi connectivity index (χ0v) is 14.8. The molecule has 1 aliphatic rings. The first-order valence-corrected chi connectivity index (χ1v) is 9.96. The van der Waals surface area contributed by atoms with Gasteiger partial charge in [0.15, 0.2) is 9.84 Å². The highest BCUT2D eigenvalue weighted by Crippen LogP contribution is 2.26. The van der Waals surface area contributed by atoms with E-state index in [0.29, 0.717) is 18.5 Å². The number of nitrogens with zero attached hydrogens (tertiary/aromatic N) is 1. The van der Waals surface area contributed by atoms with Crippen molar-refractivity contribution in [1.29, 1.82) is 0 Å². The minimum absolute atomic E-state index is 0.353. The number of hydrogen-bond donors (Lipinski definition) is 1. The lowest BCUT2D eigenvalue weighted by Gasteiger charge is -2.12. The number of amides is 1. The van der Waals surface area contributed by atoms with Crippen LogP contribution in [0.3, 0.4) is 0 Å². The summed E-state index contributed by atoms with van der Waals surface area (Å²) in [6, 6.07) is 7.43. The van der Waals surface area contributed by atoms with E-state index in [1.165, 1.54) is 0 Å². The second kappa shape index (κ2) is 6.51. The standard InChI is InChI=1S/C18H22N2O3S/c1-12-9-13(2)19-17-8-7-14(10-16(12)17)20-18(21)11-24(22,23)15-5-3-4-6-15/h7-10,15H,3-6,11H2,1-2H3,(H,20,21). The normalized spacial score (nSPS) is 15.8. The molecule has 1 saturated carbocycles. The average Bonchev–Trinajstić information content (AvgIpc) is 3.02. The molecular weight excluding hydrogens is 324 g/mol. The second-order valence-electron chi connectivity index (χ2n) is 6.57. The number of hydrogen-bond acceptors (Lipinski definition) is 4. The smallest absolute Gasteiger partial charge is 0.239 e. The van der Waals surface area contributed by atoms with Gasteiger partial charge in [-0.1, -0.05) is 12.8 Å². The van der Waals surface area contributed by atoms with E-state index >= 15 is 0 Å². The highest BCUT2D eigenvalue weighted by molar-refractivity contribution is 7.92. The predicted molar refractivity (Wildman–Crippen MR) is 95.9 cm³/mol. The Morgan fingerprint density at radius 2 is 1.92 bits per heavy atom. The molecule has 0 atom stereocenters. The highest BCUT2D eigenvalue weighted by atomic mass is 32.2. The van der Waals surface area contributed by atoms with Crippen LogP contribution in [0.4, 0.5) is 5.69 Å². The highest BCUT2D eigenvalue weighted by Gasteiger charge is 2.30. The van der Waals surface area contributed by atoms with E-state index in [2.05, 4.69) is 10.3 Å². The van der Waals surface area contributed by atoms with Gasteiger partial charge in [-0.2, -0.15) is 0 Å². The molecule has 2 aromatic rings. The van der Waals surface area contributed by atoms with Crippen LogP contribution in [0.5, 0.6) is 0 Å². The van der Waals surface area contributed by atoms with Crippen molar-refractivity contribution in [3.63, 3.8) is 0 Å². The van der Waals surface area contributed by atoms with Crippen LogP contribution in [0.2, 0.25) is 0 Å². The zero-order valence-electron chi connectivity index (χ0n) is 14.0. The Hall–Kier alpha value is -1.95. The molecule has 0 radical (unpaired) electrons. The Morgan fingerprint density at radius 1 is 1.21 bits per heavy atom. The topological polar surface area (TPSA) is 76.1 Å². The lowest BCUT2D eigenvalue weighted by Crippen LogP contribution is -2.29. The van der Waals surface area contributed by atoms with Gasteiger partial charge in [-0.15, -0.1) is 0 Å². The number of nitrogens with one attached hydrogen (secondary N) is 1. The van der Waals surface area contributed by atoms with E-state index in [-0.39, 0.29) is 5.25 Å². The summed E-state index contributed by atoms with van der Waals surface area (Å²) >= 11 is 0. The average molecular weight is 346 g/mol. The Morgan fingerprint density at radius 3 is 2.62 bits per heavy atom. The van der Waals surface area contributed by atoms with Crippen LogP contribution in [0.25, 0.3) is 10.9 Å². The first kappa shape index (κ1) is 16.9. The van der Waals surface area contributed by atoms with Crippen molar-refractivity contribution in [2.75, 3.05) is 11.1 Å². The van der Waals surface area contributed by atoms with Crippen LogP contribution >= 0.6 is 0 Å². The fraction of sp³-hybridized carbons (Fsp3) is 0.444. The third-order valence-corrected chi connectivity index (χ3v) is 6.72. The molecule has 0 spiro atoms. The van der Waals surface area contributed by atoms with Crippen molar-refractivity contribution in [3.05, 3.63) is 35.5 Å². The molecule has 0 saturated heterocycles. The van der Waals surface area contributed by atoms with Crippen LogP contribution in [-0.4, -0.2) is 30.3 Å². The van der Waals surface area contributed by atoms with E-state index in [1.54, 1.807) is 6.07 Å². The van der Waals surface area contributed by atoms with Crippen LogP contribution in [0, 0.1) is 13.8 Å². The van der Waals surface area contributed by atoms with Crippen molar-refractivity contribution in [1.82, 2.24) is 4.98 Å². The van der Waals surface area contributed by atoms with Gasteiger partial charge in [-0.05, 0) is 56.5 Å². The van der Waals surface area contributed by atoms with Gasteiger partial charge in [0.05, 0.1) is 10.8 Å². The molecule has 1 amide bonds. The van der Waals surface area contributed by atoms with E-state index in [4.69, 9.17) is 0 Å². The number of carbonyl (C=O) groups is 1. The molecule has 1 fully saturated rings. The summed E-state index contributed by atoms with van der Waals surface area (Å²) in [7, 11) is -3.36. The van der Waals surface area contributed by atoms with Gasteiger partial charge >= 0.3 is 0 Å². The quantitative estimate of drug-likeness (QED) is 0.923. The maximum Gasteiger partial charge on any atom is 0.239 e. The fourth-order valence-electron chi connectivity index (χ4n) is 3.39. The predicted octanol–water partition coefficient (Wildman–Crippen LogP) is 3.15. The summed E-state index contributed by atoms with van der Waals surface area (Å²) in [6.07, 6.45) is 3.22. The van der Waals surface area contributed by atoms with Crippen molar-refractivity contribution in [2.24, 2.45) is 0 Å². The summed E-state index contributed by atoms with van der Waals surface area (Å²) in [5.74, 6) is -0.917. The van der Waals surface area contributed by atoms with Gasteiger partial charge in [-0.3, -0.25) is 9.78 Å². The maximum absolute atomic E-state index is 12.3. The second-order valence-corrected chi connectivity index (χ2v) is 8.86. The van der Waals surface area contributed by atoms with Gasteiger partial charge < -0.3 is 5.32 Å². The van der Waals surface area contributed by atoms with Crippen LogP contribution in [-0.2, 0) is 14.6 Å². The number of rotatable bonds is 4. The molecule has 24 heavy (non-hydrogen) atoms. The van der Waals surface area contributed by atoms with E-state index in [9.17, 15) is 13.2 Å². The van der Waals surface area contributed by atoms with Crippen molar-refractivity contribution in [3.8, 4) is 0 Å². The number of pyridine rings is 1. The maximum atomic E-state index is 12.3. The van der Waals surface area contributed by atoms with Gasteiger partial charge in [0.25, 0.3) is 0 Å². The Labute approximate surface area is 142 Å². The monoisotopic (exact) mass is 346 g/mol. The molecule has 3 rings (SSSR count). The molecule has 0 bridgehead atoms. The third-order valence-electron chi connectivity index (χ3n) is 4.57. The molecule has 6 heteroatoms. The van der Waals surface area contributed by atoms with Crippen molar-refractivity contribution >= 4 is 32.3 Å². The summed E-state index contributed by atoms with van der Waals surface area (Å²) in [4.78, 5) is 16.6. The zero-order chi connectivity index (χ0) is 17.3. The lowest BCUT2D eigenvalue weighted by atomic mass is 10.1. The number of aryl methyl sites for hydroxylation is 2. The molecular formula is C18H22N2O3S. The van der Waals surface area contributed by atoms with E-state index in [1.807, 2.05) is 32.0 Å². The van der Waals surface area contributed by atoms with Gasteiger partial charge in [0.2, 0.25) is 5.91 Å². The number of benzene rings is 1. The molecule has 1 aliphatic carbocycles. The van der Waals surface area contributed by atoms with Gasteiger partial charge in [0.1, 0.15) is 5.75 Å². The number of fused-ring (bicyclic) bond motifs is 1. The van der Waals surface area contributed by atoms with Crippen molar-refractivity contribution in [2.45, 2.75) is 44.8 Å². The molecule has 1 heterocycles. The Bertz CT molecular complexity index is 885. The van der Waals surface area contributed by atoms with Crippen LogP contribution in [0.1, 0.15) is 36.9 Å². The largest absolute Gasteiger partial charge is 0.325 e. The molecule has 1 aromatic carbocycles. The summed E-state index contributed by atoms with van der Waals surface area (Å²) < 4.78 is 24.5. The van der Waals surface area contributed by atoms with Crippen LogP contribution < -0.4 is 5.32 Å². The van der Waals surface area contributed by atoms with Gasteiger partial charge in [-0.25, -0.2) is 8.42 Å². The summed E-state index contributed by atoms with van der Waals surface area (Å²) in [5, 5.41) is 3.31. The lowest BCUT2D eigenvalue weighted by molar-refractivity contribution is -0.113.